The summed E-state index contributed by atoms with van der Waals surface area (Å²) in [5.41, 5.74) is 2.45. The second kappa shape index (κ2) is 11.2. The van der Waals surface area contributed by atoms with Gasteiger partial charge < -0.3 is 29.0 Å². The molecule has 0 fully saturated rings. The van der Waals surface area contributed by atoms with Crippen molar-refractivity contribution in [1.29, 1.82) is 0 Å². The van der Waals surface area contributed by atoms with Crippen molar-refractivity contribution in [2.75, 3.05) is 25.8 Å². The van der Waals surface area contributed by atoms with Gasteiger partial charge in [-0.1, -0.05) is 24.3 Å². The Hall–Kier alpha value is -1.51. The first-order valence-electron chi connectivity index (χ1n) is 9.05. The summed E-state index contributed by atoms with van der Waals surface area (Å²) in [7, 11) is -9.09. The molecule has 10 nitrogen and oxygen atoms in total. The van der Waals surface area contributed by atoms with Crippen LogP contribution in [0.5, 0.6) is 5.75 Å². The van der Waals surface area contributed by atoms with E-state index in [-0.39, 0.29) is 19.8 Å². The first kappa shape index (κ1) is 26.5. The molecular formula is C18H29NO9P2. The third kappa shape index (κ3) is 10.5. The molecule has 170 valence electrons. The Morgan fingerprint density at radius 2 is 1.63 bits per heavy atom. The van der Waals surface area contributed by atoms with E-state index in [9.17, 15) is 33.5 Å². The van der Waals surface area contributed by atoms with Gasteiger partial charge in [-0.2, -0.15) is 0 Å². The van der Waals surface area contributed by atoms with Crippen LogP contribution in [0.3, 0.4) is 0 Å². The number of nitrogens with zero attached hydrogens (tertiary/aromatic N) is 1. The molecule has 0 spiro atoms. The van der Waals surface area contributed by atoms with Gasteiger partial charge in [0.05, 0.1) is 13.2 Å². The molecule has 12 heteroatoms. The second-order valence-electron chi connectivity index (χ2n) is 7.13. The predicted octanol–water partition coefficient (Wildman–Crippen LogP) is 2.26. The minimum atomic E-state index is -4.55. The number of carbonyl (C=O) groups is 1. The molecule has 4 N–H and O–H groups in total. The van der Waals surface area contributed by atoms with Crippen LogP contribution in [0.25, 0.3) is 0 Å². The molecule has 0 aliphatic rings. The predicted molar refractivity (Wildman–Crippen MR) is 111 cm³/mol. The Morgan fingerprint density at radius 1 is 1.07 bits per heavy atom. The van der Waals surface area contributed by atoms with Gasteiger partial charge in [0.25, 0.3) is 0 Å². The number of hydrogen-bond acceptors (Lipinski definition) is 6. The molecule has 0 aliphatic heterocycles. The van der Waals surface area contributed by atoms with Crippen molar-refractivity contribution < 1.29 is 43.0 Å². The van der Waals surface area contributed by atoms with E-state index >= 15 is 0 Å². The Kier molecular flexibility index (Phi) is 9.91. The highest BCUT2D eigenvalue weighted by Gasteiger charge is 2.27. The maximum Gasteiger partial charge on any atom is 0.339 e. The van der Waals surface area contributed by atoms with Crippen LogP contribution in [0.15, 0.2) is 24.3 Å². The molecule has 1 aromatic rings. The molecule has 0 bridgehead atoms. The lowest BCUT2D eigenvalue weighted by atomic mass is 10.1. The molecule has 1 aromatic carbocycles. The van der Waals surface area contributed by atoms with Crippen LogP contribution in [0.4, 0.5) is 0 Å². The molecule has 0 heterocycles. The highest BCUT2D eigenvalue weighted by molar-refractivity contribution is 7.52. The van der Waals surface area contributed by atoms with Gasteiger partial charge in [0, 0.05) is 24.1 Å². The van der Waals surface area contributed by atoms with Crippen molar-refractivity contribution in [2.24, 2.45) is 0 Å². The van der Waals surface area contributed by atoms with Crippen LogP contribution in [0.2, 0.25) is 0 Å². The second-order valence-corrected chi connectivity index (χ2v) is 10.4. The average Bonchev–Trinajstić information content (AvgIpc) is 2.52. The molecule has 0 amide bonds. The first-order valence-corrected chi connectivity index (χ1v) is 12.6. The summed E-state index contributed by atoms with van der Waals surface area (Å²) >= 11 is 0. The van der Waals surface area contributed by atoms with E-state index in [1.165, 1.54) is 0 Å². The lowest BCUT2D eigenvalue weighted by molar-refractivity contribution is -0.139. The fourth-order valence-corrected chi connectivity index (χ4v) is 4.39. The third-order valence-electron chi connectivity index (χ3n) is 3.77. The Morgan fingerprint density at radius 3 is 2.13 bits per heavy atom. The van der Waals surface area contributed by atoms with Gasteiger partial charge in [0.1, 0.15) is 18.3 Å². The third-order valence-corrected chi connectivity index (χ3v) is 5.31. The fourth-order valence-electron chi connectivity index (χ4n) is 2.79. The van der Waals surface area contributed by atoms with Gasteiger partial charge in [-0.3, -0.25) is 14.0 Å². The Bertz CT molecular complexity index is 835. The van der Waals surface area contributed by atoms with Crippen molar-refractivity contribution in [3.63, 3.8) is 0 Å². The van der Waals surface area contributed by atoms with Crippen LogP contribution >= 0.6 is 15.2 Å². The number of rotatable bonds is 12. The van der Waals surface area contributed by atoms with Crippen LogP contribution in [-0.4, -0.2) is 56.2 Å². The zero-order valence-electron chi connectivity index (χ0n) is 17.3. The maximum absolute atomic E-state index is 11.4. The van der Waals surface area contributed by atoms with Gasteiger partial charge >= 0.3 is 21.2 Å². The van der Waals surface area contributed by atoms with Crippen molar-refractivity contribution in [1.82, 2.24) is 4.90 Å². The highest BCUT2D eigenvalue weighted by Crippen LogP contribution is 2.42. The number of ether oxygens (including phenoxy) is 2. The van der Waals surface area contributed by atoms with E-state index < -0.39 is 33.7 Å². The van der Waals surface area contributed by atoms with E-state index in [4.69, 9.17) is 9.47 Å². The Labute approximate surface area is 175 Å². The van der Waals surface area contributed by atoms with Gasteiger partial charge in [-0.15, -0.1) is 0 Å². The highest BCUT2D eigenvalue weighted by atomic mass is 31.2. The maximum atomic E-state index is 11.4. The number of esters is 1. The standard InChI is InChI=1S/C18H29NO9P2/c1-13(2)18(20)28-7-5-6-27-17-15(4)8-14(3)9-16(17)10-19(11-29(21,22)23)12-30(24,25)26/h8-9H,1,5-7,10-12H2,2-4H3,(H2,21,22,23)(H2,24,25,26). The van der Waals surface area contributed by atoms with Crippen molar-refractivity contribution in [3.05, 3.63) is 41.0 Å². The van der Waals surface area contributed by atoms with Crippen molar-refractivity contribution in [2.45, 2.75) is 33.7 Å². The number of hydrogen-bond donors (Lipinski definition) is 4. The van der Waals surface area contributed by atoms with E-state index in [0.717, 1.165) is 16.0 Å². The minimum Gasteiger partial charge on any atom is -0.493 e. The van der Waals surface area contributed by atoms with E-state index in [1.807, 2.05) is 13.0 Å². The van der Waals surface area contributed by atoms with Crippen LogP contribution in [-0.2, 0) is 25.2 Å². The Balaban J connectivity index is 2.94. The molecule has 1 rings (SSSR count). The van der Waals surface area contributed by atoms with Gasteiger partial charge in [-0.25, -0.2) is 4.79 Å². The molecule has 0 aliphatic carbocycles. The molecule has 0 radical (unpaired) electrons. The summed E-state index contributed by atoms with van der Waals surface area (Å²) in [5, 5.41) is 0. The fraction of sp³-hybridized carbons (Fsp3) is 0.500. The summed E-state index contributed by atoms with van der Waals surface area (Å²) in [4.78, 5) is 49.4. The van der Waals surface area contributed by atoms with Crippen molar-refractivity contribution >= 4 is 21.2 Å². The molecule has 0 saturated carbocycles. The summed E-state index contributed by atoms with van der Waals surface area (Å²) in [6.45, 7) is 8.87. The number of carbonyl (C=O) groups excluding carboxylic acids is 1. The lowest BCUT2D eigenvalue weighted by Gasteiger charge is -2.25. The van der Waals surface area contributed by atoms with Crippen molar-refractivity contribution in [3.8, 4) is 5.75 Å². The lowest BCUT2D eigenvalue weighted by Crippen LogP contribution is -2.26. The van der Waals surface area contributed by atoms with Crippen LogP contribution < -0.4 is 4.74 Å². The first-order chi connectivity index (χ1) is 13.7. The van der Waals surface area contributed by atoms with Gasteiger partial charge in [0.15, 0.2) is 0 Å². The zero-order valence-corrected chi connectivity index (χ0v) is 19.1. The van der Waals surface area contributed by atoms with E-state index in [0.29, 0.717) is 23.3 Å². The summed E-state index contributed by atoms with van der Waals surface area (Å²) in [5.74, 6) is -0.0408. The molecule has 30 heavy (non-hydrogen) atoms. The molecule has 0 aromatic heterocycles. The average molecular weight is 465 g/mol. The minimum absolute atomic E-state index is 0.126. The van der Waals surface area contributed by atoms with Crippen LogP contribution in [0, 0.1) is 13.8 Å². The normalized spacial score (nSPS) is 12.1. The van der Waals surface area contributed by atoms with Gasteiger partial charge in [0.2, 0.25) is 0 Å². The molecular weight excluding hydrogens is 436 g/mol. The molecule has 0 saturated heterocycles. The van der Waals surface area contributed by atoms with E-state index in [1.54, 1.807) is 19.9 Å². The summed E-state index contributed by atoms with van der Waals surface area (Å²) in [6.07, 6.45) is -1.21. The monoisotopic (exact) mass is 465 g/mol. The smallest absolute Gasteiger partial charge is 0.339 e. The topological polar surface area (TPSA) is 154 Å². The zero-order chi connectivity index (χ0) is 23.1. The summed E-state index contributed by atoms with van der Waals surface area (Å²) in [6, 6.07) is 3.59. The molecule has 0 unspecified atom stereocenters. The number of benzene rings is 1. The SMILES string of the molecule is C=C(C)C(=O)OCCCOc1c(C)cc(C)cc1CN(CP(=O)(O)O)CP(=O)(O)O. The largest absolute Gasteiger partial charge is 0.493 e. The quantitative estimate of drug-likeness (QED) is 0.156. The molecule has 0 atom stereocenters. The summed E-state index contributed by atoms with van der Waals surface area (Å²) < 4.78 is 33.6. The van der Waals surface area contributed by atoms with E-state index in [2.05, 4.69) is 6.58 Å². The number of aryl methyl sites for hydroxylation is 2. The van der Waals surface area contributed by atoms with Gasteiger partial charge in [-0.05, 0) is 26.3 Å². The van der Waals surface area contributed by atoms with Crippen LogP contribution in [0.1, 0.15) is 30.0 Å².